The first-order valence-electron chi connectivity index (χ1n) is 7.12. The summed E-state index contributed by atoms with van der Waals surface area (Å²) >= 11 is 0. The van der Waals surface area contributed by atoms with Crippen molar-refractivity contribution in [3.8, 4) is 0 Å². The molecule has 0 aromatic heterocycles. The van der Waals surface area contributed by atoms with Crippen molar-refractivity contribution in [1.29, 1.82) is 0 Å². The molecule has 0 bridgehead atoms. The van der Waals surface area contributed by atoms with Gasteiger partial charge in [0.05, 0.1) is 5.69 Å². The summed E-state index contributed by atoms with van der Waals surface area (Å²) < 4.78 is 32.1. The minimum atomic E-state index is -0.769. The van der Waals surface area contributed by atoms with Gasteiger partial charge in [0, 0.05) is 6.07 Å². The van der Waals surface area contributed by atoms with Crippen LogP contribution in [-0.4, -0.2) is 37.2 Å². The van der Waals surface area contributed by atoms with Gasteiger partial charge >= 0.3 is 0 Å². The monoisotopic (exact) mass is 299 g/mol. The number of halogens is 2. The molecular formula is C15H21F2N2O2+. The fraction of sp³-hybridized carbons (Fsp3) is 0.533. The Bertz CT molecular complexity index is 514. The molecule has 4 atom stereocenters. The molecule has 1 fully saturated rings. The van der Waals surface area contributed by atoms with Crippen LogP contribution in [0.15, 0.2) is 18.2 Å². The number of amides is 1. The van der Waals surface area contributed by atoms with Gasteiger partial charge in [-0.05, 0) is 32.9 Å². The Labute approximate surface area is 123 Å². The number of ether oxygens (including phenoxy) is 1. The molecule has 0 radical (unpaired) electrons. The zero-order valence-corrected chi connectivity index (χ0v) is 12.5. The van der Waals surface area contributed by atoms with Crippen molar-refractivity contribution in [2.75, 3.05) is 18.4 Å². The third-order valence-electron chi connectivity index (χ3n) is 3.76. The van der Waals surface area contributed by atoms with Gasteiger partial charge < -0.3 is 15.0 Å². The third kappa shape index (κ3) is 3.98. The largest absolute Gasteiger partial charge is 0.364 e. The van der Waals surface area contributed by atoms with Gasteiger partial charge in [-0.2, -0.15) is 0 Å². The molecule has 4 nitrogen and oxygen atoms in total. The second kappa shape index (κ2) is 6.49. The molecule has 1 amide bonds. The number of benzene rings is 1. The number of quaternary nitrogens is 1. The van der Waals surface area contributed by atoms with E-state index in [1.807, 2.05) is 13.8 Å². The van der Waals surface area contributed by atoms with E-state index >= 15 is 0 Å². The number of carbonyl (C=O) groups excluding carboxylic acids is 1. The standard InChI is InChI=1S/C15H20F2N2O2/c1-9-7-19(8-10(2)21-9)11(3)15(20)18-14-5-4-12(16)6-13(14)17/h4-6,9-11H,7-8H2,1-3H3,(H,18,20)/p+1/t9-,10+,11-/m0/s1. The maximum atomic E-state index is 13.6. The lowest BCUT2D eigenvalue weighted by Crippen LogP contribution is -3.19. The quantitative estimate of drug-likeness (QED) is 0.874. The van der Waals surface area contributed by atoms with E-state index in [-0.39, 0.29) is 29.8 Å². The summed E-state index contributed by atoms with van der Waals surface area (Å²) in [5, 5.41) is 2.52. The topological polar surface area (TPSA) is 42.8 Å². The molecule has 1 aliphatic rings. The number of hydrogen-bond acceptors (Lipinski definition) is 2. The van der Waals surface area contributed by atoms with Crippen LogP contribution in [0.2, 0.25) is 0 Å². The lowest BCUT2D eigenvalue weighted by molar-refractivity contribution is -0.928. The molecule has 2 N–H and O–H groups in total. The number of carbonyl (C=O) groups is 1. The number of hydrogen-bond donors (Lipinski definition) is 2. The van der Waals surface area contributed by atoms with Crippen molar-refractivity contribution in [3.05, 3.63) is 29.8 Å². The van der Waals surface area contributed by atoms with Gasteiger partial charge in [-0.3, -0.25) is 4.79 Å². The smallest absolute Gasteiger partial charge is 0.282 e. The Morgan fingerprint density at radius 1 is 1.33 bits per heavy atom. The molecule has 0 spiro atoms. The summed E-state index contributed by atoms with van der Waals surface area (Å²) in [6.45, 7) is 7.20. The molecule has 1 heterocycles. The average Bonchev–Trinajstić information content (AvgIpc) is 2.40. The zero-order chi connectivity index (χ0) is 15.6. The van der Waals surface area contributed by atoms with E-state index < -0.39 is 11.6 Å². The van der Waals surface area contributed by atoms with E-state index in [4.69, 9.17) is 4.74 Å². The van der Waals surface area contributed by atoms with Crippen LogP contribution in [0.3, 0.4) is 0 Å². The average molecular weight is 299 g/mol. The van der Waals surface area contributed by atoms with Crippen LogP contribution in [0.25, 0.3) is 0 Å². The second-order valence-corrected chi connectivity index (χ2v) is 5.66. The Morgan fingerprint density at radius 3 is 2.52 bits per heavy atom. The number of rotatable bonds is 3. The first-order valence-corrected chi connectivity index (χ1v) is 7.12. The van der Waals surface area contributed by atoms with E-state index in [2.05, 4.69) is 5.32 Å². The maximum absolute atomic E-state index is 13.6. The highest BCUT2D eigenvalue weighted by Gasteiger charge is 2.33. The molecule has 6 heteroatoms. The highest BCUT2D eigenvalue weighted by atomic mass is 19.1. The van der Waals surface area contributed by atoms with Crippen molar-refractivity contribution in [1.82, 2.24) is 0 Å². The summed E-state index contributed by atoms with van der Waals surface area (Å²) in [4.78, 5) is 13.3. The summed E-state index contributed by atoms with van der Waals surface area (Å²) in [6, 6.07) is 2.78. The van der Waals surface area contributed by atoms with Crippen molar-refractivity contribution < 1.29 is 23.2 Å². The Balaban J connectivity index is 2.02. The van der Waals surface area contributed by atoms with Crippen molar-refractivity contribution in [3.63, 3.8) is 0 Å². The highest BCUT2D eigenvalue weighted by molar-refractivity contribution is 5.93. The van der Waals surface area contributed by atoms with Crippen LogP contribution in [0.5, 0.6) is 0 Å². The molecule has 0 saturated carbocycles. The molecule has 2 rings (SSSR count). The van der Waals surface area contributed by atoms with Gasteiger partial charge in [-0.15, -0.1) is 0 Å². The van der Waals surface area contributed by atoms with Gasteiger partial charge in [0.1, 0.15) is 36.9 Å². The van der Waals surface area contributed by atoms with E-state index in [1.165, 1.54) is 6.07 Å². The minimum absolute atomic E-state index is 0.00186. The van der Waals surface area contributed by atoms with E-state index in [0.29, 0.717) is 0 Å². The first kappa shape index (κ1) is 15.9. The Kier molecular flexibility index (Phi) is 4.90. The zero-order valence-electron chi connectivity index (χ0n) is 12.5. The molecule has 1 aliphatic heterocycles. The third-order valence-corrected chi connectivity index (χ3v) is 3.76. The van der Waals surface area contributed by atoms with E-state index in [9.17, 15) is 13.6 Å². The summed E-state index contributed by atoms with van der Waals surface area (Å²) in [7, 11) is 0. The maximum Gasteiger partial charge on any atom is 0.282 e. The molecule has 21 heavy (non-hydrogen) atoms. The summed E-state index contributed by atoms with van der Waals surface area (Å²) in [5.41, 5.74) is 0.00186. The fourth-order valence-corrected chi connectivity index (χ4v) is 2.69. The normalized spacial score (nSPS) is 27.2. The predicted molar refractivity (Wildman–Crippen MR) is 75.2 cm³/mol. The van der Waals surface area contributed by atoms with Gasteiger partial charge in [0.15, 0.2) is 6.04 Å². The van der Waals surface area contributed by atoms with Crippen molar-refractivity contribution in [2.24, 2.45) is 0 Å². The predicted octanol–water partition coefficient (Wildman–Crippen LogP) is 0.984. The van der Waals surface area contributed by atoms with Crippen LogP contribution in [-0.2, 0) is 9.53 Å². The Hall–Kier alpha value is -1.53. The molecular weight excluding hydrogens is 278 g/mol. The number of nitrogens with one attached hydrogen (secondary N) is 2. The van der Waals surface area contributed by atoms with Crippen molar-refractivity contribution >= 4 is 11.6 Å². The molecule has 116 valence electrons. The van der Waals surface area contributed by atoms with Gasteiger partial charge in [-0.25, -0.2) is 8.78 Å². The SMILES string of the molecule is C[C@@H]1C[NH+]([C@@H](C)C(=O)Nc2ccc(F)cc2F)C[C@H](C)O1. The summed E-state index contributed by atoms with van der Waals surface area (Å²) in [6.07, 6.45) is 0.170. The summed E-state index contributed by atoms with van der Waals surface area (Å²) in [5.74, 6) is -1.72. The van der Waals surface area contributed by atoms with Gasteiger partial charge in [-0.1, -0.05) is 0 Å². The molecule has 0 aliphatic carbocycles. The van der Waals surface area contributed by atoms with Gasteiger partial charge in [0.25, 0.3) is 5.91 Å². The Morgan fingerprint density at radius 2 is 1.95 bits per heavy atom. The van der Waals surface area contributed by atoms with Gasteiger partial charge in [0.2, 0.25) is 0 Å². The fourth-order valence-electron chi connectivity index (χ4n) is 2.69. The van der Waals surface area contributed by atoms with E-state index in [1.54, 1.807) is 6.92 Å². The number of morpholine rings is 1. The van der Waals surface area contributed by atoms with Crippen LogP contribution >= 0.6 is 0 Å². The molecule has 1 aromatic carbocycles. The number of anilines is 1. The molecule has 1 saturated heterocycles. The van der Waals surface area contributed by atoms with E-state index in [0.717, 1.165) is 30.1 Å². The van der Waals surface area contributed by atoms with Crippen molar-refractivity contribution in [2.45, 2.75) is 39.0 Å². The first-order chi connectivity index (χ1) is 9.86. The van der Waals surface area contributed by atoms with Crippen LogP contribution in [0.4, 0.5) is 14.5 Å². The molecule has 1 unspecified atom stereocenters. The van der Waals surface area contributed by atoms with Crippen LogP contribution < -0.4 is 10.2 Å². The van der Waals surface area contributed by atoms with Crippen LogP contribution in [0, 0.1) is 11.6 Å². The second-order valence-electron chi connectivity index (χ2n) is 5.66. The lowest BCUT2D eigenvalue weighted by Gasteiger charge is -2.35. The lowest BCUT2D eigenvalue weighted by atomic mass is 10.1. The highest BCUT2D eigenvalue weighted by Crippen LogP contribution is 2.15. The minimum Gasteiger partial charge on any atom is -0.364 e. The van der Waals surface area contributed by atoms with Crippen LogP contribution in [0.1, 0.15) is 20.8 Å². The molecule has 1 aromatic rings.